The van der Waals surface area contributed by atoms with Gasteiger partial charge >= 0.3 is 0 Å². The molecule has 0 spiro atoms. The van der Waals surface area contributed by atoms with Crippen molar-refractivity contribution in [2.75, 3.05) is 44.2 Å². The zero-order valence-electron chi connectivity index (χ0n) is 14.8. The minimum absolute atomic E-state index is 0.0550. The summed E-state index contributed by atoms with van der Waals surface area (Å²) in [6.45, 7) is 5.45. The second kappa shape index (κ2) is 7.71. The molecule has 140 valence electrons. The number of likely N-dealkylation sites (tertiary alicyclic amines) is 1. The summed E-state index contributed by atoms with van der Waals surface area (Å²) < 4.78 is 1.27. The number of nitrogens with zero attached hydrogens (tertiary/aromatic N) is 5. The molecular formula is C17H24N6O2S. The lowest BCUT2D eigenvalue weighted by Gasteiger charge is -2.25. The molecule has 0 aromatic carbocycles. The predicted molar refractivity (Wildman–Crippen MR) is 101 cm³/mol. The van der Waals surface area contributed by atoms with Crippen molar-refractivity contribution in [3.63, 3.8) is 0 Å². The van der Waals surface area contributed by atoms with Gasteiger partial charge in [-0.2, -0.15) is 4.52 Å². The van der Waals surface area contributed by atoms with Crippen LogP contribution in [0.15, 0.2) is 11.0 Å². The number of rotatable bonds is 5. The highest BCUT2D eigenvalue weighted by atomic mass is 32.1. The van der Waals surface area contributed by atoms with E-state index in [1.807, 2.05) is 0 Å². The molecule has 1 amide bonds. The van der Waals surface area contributed by atoms with Crippen LogP contribution in [0.1, 0.15) is 42.5 Å². The van der Waals surface area contributed by atoms with E-state index in [1.165, 1.54) is 41.3 Å². The van der Waals surface area contributed by atoms with Crippen LogP contribution in [0.4, 0.5) is 5.13 Å². The van der Waals surface area contributed by atoms with Gasteiger partial charge in [0.25, 0.3) is 11.5 Å². The molecule has 9 heteroatoms. The fourth-order valence-corrected chi connectivity index (χ4v) is 4.49. The van der Waals surface area contributed by atoms with E-state index in [9.17, 15) is 9.59 Å². The number of anilines is 1. The molecule has 0 bridgehead atoms. The first-order valence-electron chi connectivity index (χ1n) is 9.37. The highest BCUT2D eigenvalue weighted by Gasteiger charge is 2.20. The Morgan fingerprint density at radius 2 is 1.85 bits per heavy atom. The molecule has 4 rings (SSSR count). The largest absolute Gasteiger partial charge is 0.351 e. The minimum Gasteiger partial charge on any atom is -0.351 e. The maximum Gasteiger partial charge on any atom is 0.288 e. The van der Waals surface area contributed by atoms with Gasteiger partial charge in [0, 0.05) is 32.4 Å². The highest BCUT2D eigenvalue weighted by molar-refractivity contribution is 7.20. The van der Waals surface area contributed by atoms with Crippen LogP contribution >= 0.6 is 11.3 Å². The number of hydrogen-bond donors (Lipinski definition) is 1. The third-order valence-corrected chi connectivity index (χ3v) is 6.04. The number of piperidine rings is 1. The number of fused-ring (bicyclic) bond motifs is 1. The lowest BCUT2D eigenvalue weighted by Crippen LogP contribution is -2.36. The van der Waals surface area contributed by atoms with Gasteiger partial charge in [-0.1, -0.05) is 11.3 Å². The molecule has 2 aromatic rings. The number of carbonyl (C=O) groups is 1. The number of carbonyl (C=O) groups excluding carboxylic acids is 1. The summed E-state index contributed by atoms with van der Waals surface area (Å²) in [5, 5.41) is 8.06. The molecule has 2 aliphatic heterocycles. The summed E-state index contributed by atoms with van der Waals surface area (Å²) >= 11 is 1.40. The van der Waals surface area contributed by atoms with E-state index in [0.29, 0.717) is 11.5 Å². The Morgan fingerprint density at radius 3 is 2.62 bits per heavy atom. The molecule has 0 radical (unpaired) electrons. The fraction of sp³-hybridized carbons (Fsp3) is 0.647. The number of nitrogens with one attached hydrogen (secondary N) is 1. The average Bonchev–Trinajstić information content (AvgIpc) is 3.32. The Hall–Kier alpha value is -2.00. The van der Waals surface area contributed by atoms with E-state index in [2.05, 4.69) is 25.2 Å². The lowest BCUT2D eigenvalue weighted by atomic mass is 10.1. The standard InChI is InChI=1S/C17H24N6O2S/c24-14(18-6-11-21-7-4-5-8-21)13-12-19-16-23(15(13)25)20-17(26-16)22-9-2-1-3-10-22/h12H,1-11H2,(H,18,24). The summed E-state index contributed by atoms with van der Waals surface area (Å²) in [4.78, 5) is 34.4. The van der Waals surface area contributed by atoms with Gasteiger partial charge in [-0.15, -0.1) is 5.10 Å². The molecule has 2 saturated heterocycles. The number of amides is 1. The van der Waals surface area contributed by atoms with Crippen molar-refractivity contribution >= 4 is 27.3 Å². The van der Waals surface area contributed by atoms with Gasteiger partial charge in [0.2, 0.25) is 10.1 Å². The molecule has 26 heavy (non-hydrogen) atoms. The van der Waals surface area contributed by atoms with Crippen molar-refractivity contribution in [1.82, 2.24) is 24.8 Å². The second-order valence-electron chi connectivity index (χ2n) is 6.91. The van der Waals surface area contributed by atoms with Crippen molar-refractivity contribution in [2.45, 2.75) is 32.1 Å². The van der Waals surface area contributed by atoms with E-state index in [4.69, 9.17) is 0 Å². The second-order valence-corrected chi connectivity index (χ2v) is 7.84. The van der Waals surface area contributed by atoms with Gasteiger partial charge in [0.1, 0.15) is 5.56 Å². The minimum atomic E-state index is -0.395. The highest BCUT2D eigenvalue weighted by Crippen LogP contribution is 2.24. The fourth-order valence-electron chi connectivity index (χ4n) is 3.57. The molecule has 2 fully saturated rings. The number of aromatic nitrogens is 3. The van der Waals surface area contributed by atoms with Gasteiger partial charge in [-0.25, -0.2) is 4.98 Å². The molecule has 2 aliphatic rings. The van der Waals surface area contributed by atoms with E-state index in [-0.39, 0.29) is 11.5 Å². The third-order valence-electron chi connectivity index (χ3n) is 5.06. The van der Waals surface area contributed by atoms with Gasteiger partial charge in [0.15, 0.2) is 0 Å². The maximum absolute atomic E-state index is 12.7. The first kappa shape index (κ1) is 17.4. The average molecular weight is 376 g/mol. The van der Waals surface area contributed by atoms with Crippen LogP contribution in [0, 0.1) is 0 Å². The van der Waals surface area contributed by atoms with Crippen LogP contribution in [-0.2, 0) is 0 Å². The topological polar surface area (TPSA) is 82.8 Å². The quantitative estimate of drug-likeness (QED) is 0.837. The number of hydrogen-bond acceptors (Lipinski definition) is 7. The molecule has 0 unspecified atom stereocenters. The molecule has 1 N–H and O–H groups in total. The van der Waals surface area contributed by atoms with Gasteiger partial charge in [0.05, 0.1) is 0 Å². The van der Waals surface area contributed by atoms with E-state index in [0.717, 1.165) is 50.7 Å². The molecular weight excluding hydrogens is 352 g/mol. The lowest BCUT2D eigenvalue weighted by molar-refractivity contribution is 0.0947. The molecule has 2 aromatic heterocycles. The Morgan fingerprint density at radius 1 is 1.12 bits per heavy atom. The smallest absolute Gasteiger partial charge is 0.288 e. The van der Waals surface area contributed by atoms with Crippen molar-refractivity contribution in [3.8, 4) is 0 Å². The van der Waals surface area contributed by atoms with Crippen LogP contribution in [0.25, 0.3) is 4.96 Å². The van der Waals surface area contributed by atoms with Crippen molar-refractivity contribution < 1.29 is 4.79 Å². The van der Waals surface area contributed by atoms with Crippen LogP contribution in [0.5, 0.6) is 0 Å². The van der Waals surface area contributed by atoms with Crippen LogP contribution in [0.2, 0.25) is 0 Å². The summed E-state index contributed by atoms with van der Waals surface area (Å²) in [6, 6.07) is 0. The molecule has 4 heterocycles. The first-order chi connectivity index (χ1) is 12.7. The Balaban J connectivity index is 1.47. The third kappa shape index (κ3) is 3.59. The zero-order chi connectivity index (χ0) is 17.9. The maximum atomic E-state index is 12.7. The van der Waals surface area contributed by atoms with Crippen LogP contribution in [-0.4, -0.2) is 64.7 Å². The monoisotopic (exact) mass is 376 g/mol. The van der Waals surface area contributed by atoms with E-state index >= 15 is 0 Å². The summed E-state index contributed by atoms with van der Waals surface area (Å²) in [6.07, 6.45) is 7.34. The van der Waals surface area contributed by atoms with Gasteiger partial charge < -0.3 is 15.1 Å². The summed E-state index contributed by atoms with van der Waals surface area (Å²) in [5.74, 6) is -0.372. The summed E-state index contributed by atoms with van der Waals surface area (Å²) in [5.41, 5.74) is -0.340. The van der Waals surface area contributed by atoms with Crippen molar-refractivity contribution in [2.24, 2.45) is 0 Å². The van der Waals surface area contributed by atoms with E-state index in [1.54, 1.807) is 0 Å². The molecule has 0 aliphatic carbocycles. The molecule has 0 saturated carbocycles. The first-order valence-corrected chi connectivity index (χ1v) is 10.2. The van der Waals surface area contributed by atoms with Crippen LogP contribution in [0.3, 0.4) is 0 Å². The normalized spacial score (nSPS) is 18.5. The van der Waals surface area contributed by atoms with E-state index < -0.39 is 5.56 Å². The van der Waals surface area contributed by atoms with Gasteiger partial charge in [-0.3, -0.25) is 9.59 Å². The molecule has 8 nitrogen and oxygen atoms in total. The Labute approximate surface area is 155 Å². The van der Waals surface area contributed by atoms with Crippen molar-refractivity contribution in [1.29, 1.82) is 0 Å². The Kier molecular flexibility index (Phi) is 5.16. The Bertz CT molecular complexity index is 835. The van der Waals surface area contributed by atoms with Crippen LogP contribution < -0.4 is 15.8 Å². The predicted octanol–water partition coefficient (Wildman–Crippen LogP) is 0.967. The van der Waals surface area contributed by atoms with Gasteiger partial charge in [-0.05, 0) is 45.2 Å². The summed E-state index contributed by atoms with van der Waals surface area (Å²) in [7, 11) is 0. The zero-order valence-corrected chi connectivity index (χ0v) is 15.6. The SMILES string of the molecule is O=C(NCCN1CCCC1)c1cnc2sc(N3CCCCC3)nn2c1=O. The van der Waals surface area contributed by atoms with Crippen molar-refractivity contribution in [3.05, 3.63) is 22.1 Å². The molecule has 0 atom stereocenters.